The van der Waals surface area contributed by atoms with Crippen LogP contribution in [0, 0.1) is 0 Å². The van der Waals surface area contributed by atoms with Gasteiger partial charge in [0.1, 0.15) is 18.2 Å². The molecule has 128 valence electrons. The van der Waals surface area contributed by atoms with Crippen LogP contribution in [0.25, 0.3) is 11.1 Å². The standard InChI is InChI=1S/C19H15F3N2O/c20-19(21,22)17-10-18(23)24-11-16(17)14-7-4-8-15(9-14)25-12-13-5-2-1-3-6-13/h1-11H,12H2,(H2,23,24). The Labute approximate surface area is 142 Å². The molecule has 0 atom stereocenters. The third kappa shape index (κ3) is 4.09. The predicted octanol–water partition coefficient (Wildman–Crippen LogP) is 4.93. The number of rotatable bonds is 4. The van der Waals surface area contributed by atoms with Crippen LogP contribution in [0.1, 0.15) is 11.1 Å². The first-order valence-electron chi connectivity index (χ1n) is 7.53. The van der Waals surface area contributed by atoms with E-state index in [0.29, 0.717) is 17.9 Å². The van der Waals surface area contributed by atoms with Gasteiger partial charge in [-0.1, -0.05) is 42.5 Å². The molecule has 0 aliphatic carbocycles. The number of halogens is 3. The Balaban J connectivity index is 1.89. The predicted molar refractivity (Wildman–Crippen MR) is 89.9 cm³/mol. The van der Waals surface area contributed by atoms with E-state index in [1.165, 1.54) is 0 Å². The lowest BCUT2D eigenvalue weighted by molar-refractivity contribution is -0.137. The van der Waals surface area contributed by atoms with Crippen LogP contribution >= 0.6 is 0 Å². The van der Waals surface area contributed by atoms with Gasteiger partial charge < -0.3 is 10.5 Å². The van der Waals surface area contributed by atoms with Crippen LogP contribution in [0.3, 0.4) is 0 Å². The lowest BCUT2D eigenvalue weighted by Crippen LogP contribution is -2.09. The molecule has 1 aromatic heterocycles. The van der Waals surface area contributed by atoms with E-state index in [-0.39, 0.29) is 11.4 Å². The van der Waals surface area contributed by atoms with E-state index >= 15 is 0 Å². The van der Waals surface area contributed by atoms with E-state index in [4.69, 9.17) is 10.5 Å². The summed E-state index contributed by atoms with van der Waals surface area (Å²) in [5, 5.41) is 0. The summed E-state index contributed by atoms with van der Waals surface area (Å²) in [6.45, 7) is 0.330. The lowest BCUT2D eigenvalue weighted by atomic mass is 10.0. The largest absolute Gasteiger partial charge is 0.489 e. The van der Waals surface area contributed by atoms with Crippen molar-refractivity contribution >= 4 is 5.82 Å². The number of hydrogen-bond acceptors (Lipinski definition) is 3. The molecule has 0 bridgehead atoms. The number of alkyl halides is 3. The molecule has 3 nitrogen and oxygen atoms in total. The minimum Gasteiger partial charge on any atom is -0.489 e. The van der Waals surface area contributed by atoms with Crippen LogP contribution in [0.2, 0.25) is 0 Å². The Hall–Kier alpha value is -3.02. The SMILES string of the molecule is Nc1cc(C(F)(F)F)c(-c2cccc(OCc3ccccc3)c2)cn1. The molecule has 0 unspecified atom stereocenters. The third-order valence-electron chi connectivity index (χ3n) is 3.62. The molecule has 3 aromatic rings. The molecule has 2 aromatic carbocycles. The fraction of sp³-hybridized carbons (Fsp3) is 0.105. The fourth-order valence-corrected chi connectivity index (χ4v) is 2.43. The Kier molecular flexibility index (Phi) is 4.61. The number of hydrogen-bond donors (Lipinski definition) is 1. The maximum Gasteiger partial charge on any atom is 0.417 e. The van der Waals surface area contributed by atoms with Gasteiger partial charge in [0.15, 0.2) is 0 Å². The minimum absolute atomic E-state index is 0.0353. The van der Waals surface area contributed by atoms with Crippen molar-refractivity contribution in [2.24, 2.45) is 0 Å². The molecule has 0 saturated carbocycles. The van der Waals surface area contributed by atoms with Crippen molar-refractivity contribution in [2.45, 2.75) is 12.8 Å². The Morgan fingerprint density at radius 1 is 0.960 bits per heavy atom. The van der Waals surface area contributed by atoms with Crippen molar-refractivity contribution in [3.8, 4) is 16.9 Å². The van der Waals surface area contributed by atoms with Gasteiger partial charge in [-0.15, -0.1) is 0 Å². The molecule has 0 aliphatic rings. The van der Waals surface area contributed by atoms with Gasteiger partial charge in [-0.3, -0.25) is 0 Å². The minimum atomic E-state index is -4.52. The van der Waals surface area contributed by atoms with Crippen molar-refractivity contribution in [3.63, 3.8) is 0 Å². The van der Waals surface area contributed by atoms with Gasteiger partial charge in [0.05, 0.1) is 5.56 Å². The molecule has 0 aliphatic heterocycles. The summed E-state index contributed by atoms with van der Waals surface area (Å²) in [6.07, 6.45) is -3.39. The van der Waals surface area contributed by atoms with Crippen LogP contribution in [-0.2, 0) is 12.8 Å². The number of nitrogens with two attached hydrogens (primary N) is 1. The highest BCUT2D eigenvalue weighted by molar-refractivity contribution is 5.69. The number of aromatic nitrogens is 1. The zero-order valence-electron chi connectivity index (χ0n) is 13.1. The quantitative estimate of drug-likeness (QED) is 0.730. The number of nitrogens with zero attached hydrogens (tertiary/aromatic N) is 1. The summed E-state index contributed by atoms with van der Waals surface area (Å²) >= 11 is 0. The molecule has 0 fully saturated rings. The maximum absolute atomic E-state index is 13.3. The van der Waals surface area contributed by atoms with Gasteiger partial charge in [0, 0.05) is 11.8 Å². The molecule has 25 heavy (non-hydrogen) atoms. The first-order valence-corrected chi connectivity index (χ1v) is 7.53. The van der Waals surface area contributed by atoms with Crippen LogP contribution in [0.5, 0.6) is 5.75 Å². The van der Waals surface area contributed by atoms with E-state index in [0.717, 1.165) is 17.8 Å². The molecule has 2 N–H and O–H groups in total. The van der Waals surface area contributed by atoms with Gasteiger partial charge in [-0.05, 0) is 29.3 Å². The van der Waals surface area contributed by atoms with Crippen LogP contribution in [-0.4, -0.2) is 4.98 Å². The zero-order chi connectivity index (χ0) is 17.9. The van der Waals surface area contributed by atoms with Crippen molar-refractivity contribution in [2.75, 3.05) is 5.73 Å². The second-order valence-corrected chi connectivity index (χ2v) is 5.45. The molecule has 6 heteroatoms. The monoisotopic (exact) mass is 344 g/mol. The van der Waals surface area contributed by atoms with Gasteiger partial charge in [0.2, 0.25) is 0 Å². The molecule has 0 radical (unpaired) electrons. The van der Waals surface area contributed by atoms with Crippen molar-refractivity contribution in [1.82, 2.24) is 4.98 Å². The third-order valence-corrected chi connectivity index (χ3v) is 3.62. The van der Waals surface area contributed by atoms with E-state index in [9.17, 15) is 13.2 Å². The van der Waals surface area contributed by atoms with E-state index in [2.05, 4.69) is 4.98 Å². The zero-order valence-corrected chi connectivity index (χ0v) is 13.1. The Morgan fingerprint density at radius 2 is 1.72 bits per heavy atom. The normalized spacial score (nSPS) is 11.3. The highest BCUT2D eigenvalue weighted by Gasteiger charge is 2.34. The highest BCUT2D eigenvalue weighted by atomic mass is 19.4. The number of pyridine rings is 1. The average Bonchev–Trinajstić information content (AvgIpc) is 2.60. The van der Waals surface area contributed by atoms with Crippen LogP contribution in [0.4, 0.5) is 19.0 Å². The topological polar surface area (TPSA) is 48.1 Å². The molecule has 0 spiro atoms. The molecule has 0 saturated heterocycles. The first-order chi connectivity index (χ1) is 11.9. The molecule has 3 rings (SSSR count). The van der Waals surface area contributed by atoms with Gasteiger partial charge >= 0.3 is 6.18 Å². The fourth-order valence-electron chi connectivity index (χ4n) is 2.43. The van der Waals surface area contributed by atoms with E-state index < -0.39 is 11.7 Å². The molecular weight excluding hydrogens is 329 g/mol. The van der Waals surface area contributed by atoms with Gasteiger partial charge in [-0.2, -0.15) is 13.2 Å². The van der Waals surface area contributed by atoms with E-state index in [1.807, 2.05) is 30.3 Å². The Morgan fingerprint density at radius 3 is 2.44 bits per heavy atom. The second kappa shape index (κ2) is 6.84. The second-order valence-electron chi connectivity index (χ2n) is 5.45. The molecule has 1 heterocycles. The number of anilines is 1. The maximum atomic E-state index is 13.3. The first kappa shape index (κ1) is 16.8. The van der Waals surface area contributed by atoms with Crippen LogP contribution < -0.4 is 10.5 Å². The molecule has 0 amide bonds. The smallest absolute Gasteiger partial charge is 0.417 e. The van der Waals surface area contributed by atoms with Gasteiger partial charge in [-0.25, -0.2) is 4.98 Å². The average molecular weight is 344 g/mol. The van der Waals surface area contributed by atoms with Crippen molar-refractivity contribution < 1.29 is 17.9 Å². The number of nitrogen functional groups attached to an aromatic ring is 1. The Bertz CT molecular complexity index is 864. The summed E-state index contributed by atoms with van der Waals surface area (Å²) in [7, 11) is 0. The lowest BCUT2D eigenvalue weighted by Gasteiger charge is -2.14. The van der Waals surface area contributed by atoms with Gasteiger partial charge in [0.25, 0.3) is 0 Å². The highest BCUT2D eigenvalue weighted by Crippen LogP contribution is 2.38. The number of benzene rings is 2. The van der Waals surface area contributed by atoms with Crippen molar-refractivity contribution in [3.05, 3.63) is 78.0 Å². The van der Waals surface area contributed by atoms with Crippen LogP contribution in [0.15, 0.2) is 66.9 Å². The van der Waals surface area contributed by atoms with E-state index in [1.54, 1.807) is 24.3 Å². The summed E-state index contributed by atoms with van der Waals surface area (Å²) in [6, 6.07) is 16.8. The summed E-state index contributed by atoms with van der Waals surface area (Å²) in [5.41, 5.74) is 5.89. The summed E-state index contributed by atoms with van der Waals surface area (Å²) in [5.74, 6) is 0.304. The van der Waals surface area contributed by atoms with Crippen molar-refractivity contribution in [1.29, 1.82) is 0 Å². The molecular formula is C19H15F3N2O. The summed E-state index contributed by atoms with van der Waals surface area (Å²) < 4.78 is 45.5. The summed E-state index contributed by atoms with van der Waals surface area (Å²) in [4.78, 5) is 3.79. The number of ether oxygens (including phenoxy) is 1.